The normalized spacial score (nSPS) is 15.1. The molecule has 0 aliphatic carbocycles. The van der Waals surface area contributed by atoms with E-state index in [-0.39, 0.29) is 34.9 Å². The number of phosphoric ester groups is 1. The van der Waals surface area contributed by atoms with Crippen LogP contribution in [0.5, 0.6) is 23.0 Å². The number of fused-ring (bicyclic) bond motifs is 1. The predicted molar refractivity (Wildman–Crippen MR) is 171 cm³/mol. The molecular weight excluding hydrogens is 638 g/mol. The van der Waals surface area contributed by atoms with E-state index in [2.05, 4.69) is 32.2 Å². The van der Waals surface area contributed by atoms with Crippen molar-refractivity contribution < 1.29 is 46.3 Å². The van der Waals surface area contributed by atoms with Crippen LogP contribution in [0.15, 0.2) is 42.8 Å². The van der Waals surface area contributed by atoms with Crippen molar-refractivity contribution in [3.8, 4) is 23.0 Å². The average molecular weight is 677 g/mol. The number of nitrogens with zero attached hydrogens (tertiary/aromatic N) is 4. The van der Waals surface area contributed by atoms with Gasteiger partial charge in [-0.25, -0.2) is 18.9 Å². The third-order valence-electron chi connectivity index (χ3n) is 6.13. The number of amides is 1. The van der Waals surface area contributed by atoms with Crippen LogP contribution in [0, 0.1) is 5.82 Å². The number of aromatic nitrogens is 3. The Morgan fingerprint density at radius 2 is 1.74 bits per heavy atom. The van der Waals surface area contributed by atoms with Gasteiger partial charge in [0.25, 0.3) is 5.91 Å². The SMILES string of the molecule is C=C(C)OP(=O)(OCN1C(=O)C(C)(C)Oc2ccc(Nc3nc(Nc4cc(OC)c(OC)c(OC)c4)ncc3F)nc21)OC(C)(C)C. The summed E-state index contributed by atoms with van der Waals surface area (Å²) in [5.74, 6) is 0.00269. The molecule has 0 radical (unpaired) electrons. The van der Waals surface area contributed by atoms with Gasteiger partial charge in [-0.2, -0.15) is 4.98 Å². The van der Waals surface area contributed by atoms with Crippen molar-refractivity contribution in [2.24, 2.45) is 0 Å². The number of phosphoric acid groups is 1. The van der Waals surface area contributed by atoms with Crippen molar-refractivity contribution in [3.05, 3.63) is 48.6 Å². The highest BCUT2D eigenvalue weighted by atomic mass is 31.2. The molecule has 1 aliphatic heterocycles. The number of ether oxygens (including phenoxy) is 4. The van der Waals surface area contributed by atoms with Crippen LogP contribution in [0.2, 0.25) is 0 Å². The number of nitrogens with one attached hydrogen (secondary N) is 2. The fourth-order valence-electron chi connectivity index (χ4n) is 4.28. The topological polar surface area (TPSA) is 165 Å². The Morgan fingerprint density at radius 3 is 2.32 bits per heavy atom. The van der Waals surface area contributed by atoms with Gasteiger partial charge in [0, 0.05) is 17.8 Å². The maximum Gasteiger partial charge on any atom is 0.531 e. The molecule has 47 heavy (non-hydrogen) atoms. The highest BCUT2D eigenvalue weighted by Gasteiger charge is 2.44. The number of benzene rings is 1. The third kappa shape index (κ3) is 8.39. The Morgan fingerprint density at radius 1 is 1.09 bits per heavy atom. The lowest BCUT2D eigenvalue weighted by molar-refractivity contribution is -0.133. The number of allylic oxidation sites excluding steroid dienone is 1. The minimum Gasteiger partial charge on any atom is -0.493 e. The van der Waals surface area contributed by atoms with Crippen LogP contribution in [-0.4, -0.2) is 60.1 Å². The van der Waals surface area contributed by atoms with Crippen LogP contribution in [0.1, 0.15) is 41.5 Å². The summed E-state index contributed by atoms with van der Waals surface area (Å²) >= 11 is 0. The molecule has 1 aliphatic rings. The number of pyridine rings is 1. The van der Waals surface area contributed by atoms with Crippen LogP contribution in [0.25, 0.3) is 0 Å². The van der Waals surface area contributed by atoms with Gasteiger partial charge in [0.05, 0.1) is 38.9 Å². The Bertz CT molecular complexity index is 1690. The molecule has 0 fully saturated rings. The number of halogens is 1. The summed E-state index contributed by atoms with van der Waals surface area (Å²) in [7, 11) is 0.195. The second kappa shape index (κ2) is 13.6. The van der Waals surface area contributed by atoms with E-state index in [0.717, 1.165) is 11.1 Å². The lowest BCUT2D eigenvalue weighted by Gasteiger charge is -2.38. The number of anilines is 5. The van der Waals surface area contributed by atoms with Gasteiger partial charge in [0.2, 0.25) is 11.7 Å². The second-order valence-corrected chi connectivity index (χ2v) is 13.1. The number of hydrogen-bond acceptors (Lipinski definition) is 14. The molecule has 1 aromatic carbocycles. The fraction of sp³-hybridized carbons (Fsp3) is 0.400. The Hall–Kier alpha value is -4.66. The predicted octanol–water partition coefficient (Wildman–Crippen LogP) is 6.48. The summed E-state index contributed by atoms with van der Waals surface area (Å²) in [6.45, 7) is 12.6. The molecule has 3 heterocycles. The molecule has 3 aromatic rings. The molecular formula is C30H38FN6O9P. The number of rotatable bonds is 13. The van der Waals surface area contributed by atoms with Gasteiger partial charge in [0.15, 0.2) is 40.3 Å². The number of hydrogen-bond donors (Lipinski definition) is 2. The smallest absolute Gasteiger partial charge is 0.493 e. The Balaban J connectivity index is 1.63. The first kappa shape index (κ1) is 35.2. The van der Waals surface area contributed by atoms with Gasteiger partial charge in [-0.3, -0.25) is 18.7 Å². The Labute approximate surface area is 272 Å². The van der Waals surface area contributed by atoms with Crippen LogP contribution in [-0.2, 0) is 22.9 Å². The molecule has 0 saturated heterocycles. The van der Waals surface area contributed by atoms with Crippen LogP contribution < -0.4 is 34.5 Å². The first-order chi connectivity index (χ1) is 22.0. The quantitative estimate of drug-likeness (QED) is 0.149. The molecule has 4 rings (SSSR count). The summed E-state index contributed by atoms with van der Waals surface area (Å²) in [6.07, 6.45) is 0.970. The zero-order valence-corrected chi connectivity index (χ0v) is 28.5. The van der Waals surface area contributed by atoms with E-state index in [0.29, 0.717) is 22.9 Å². The van der Waals surface area contributed by atoms with Gasteiger partial charge in [0.1, 0.15) is 12.5 Å². The van der Waals surface area contributed by atoms with E-state index in [1.54, 1.807) is 46.8 Å². The highest BCUT2D eigenvalue weighted by molar-refractivity contribution is 7.48. The maximum atomic E-state index is 14.9. The van der Waals surface area contributed by atoms with E-state index in [1.165, 1.54) is 40.4 Å². The van der Waals surface area contributed by atoms with E-state index in [9.17, 15) is 13.8 Å². The summed E-state index contributed by atoms with van der Waals surface area (Å²) in [5, 5.41) is 5.78. The maximum absolute atomic E-state index is 14.9. The zero-order valence-electron chi connectivity index (χ0n) is 27.6. The molecule has 254 valence electrons. The van der Waals surface area contributed by atoms with Crippen molar-refractivity contribution >= 4 is 42.8 Å². The molecule has 0 bridgehead atoms. The summed E-state index contributed by atoms with van der Waals surface area (Å²) < 4.78 is 66.9. The van der Waals surface area contributed by atoms with Crippen molar-refractivity contribution in [1.29, 1.82) is 0 Å². The van der Waals surface area contributed by atoms with Crippen LogP contribution >= 0.6 is 7.82 Å². The molecule has 0 saturated carbocycles. The molecule has 1 atom stereocenters. The summed E-state index contributed by atoms with van der Waals surface area (Å²) in [5.41, 5.74) is -1.78. The van der Waals surface area contributed by atoms with E-state index >= 15 is 0 Å². The van der Waals surface area contributed by atoms with E-state index in [4.69, 9.17) is 32.5 Å². The summed E-state index contributed by atoms with van der Waals surface area (Å²) in [6, 6.07) is 6.31. The lowest BCUT2D eigenvalue weighted by Crippen LogP contribution is -2.53. The van der Waals surface area contributed by atoms with Gasteiger partial charge in [-0.05, 0) is 53.7 Å². The molecule has 1 unspecified atom stereocenters. The first-order valence-electron chi connectivity index (χ1n) is 14.2. The van der Waals surface area contributed by atoms with E-state index < -0.39 is 37.5 Å². The monoisotopic (exact) mass is 676 g/mol. The van der Waals surface area contributed by atoms with Crippen molar-refractivity contribution in [3.63, 3.8) is 0 Å². The molecule has 17 heteroatoms. The highest BCUT2D eigenvalue weighted by Crippen LogP contribution is 2.54. The largest absolute Gasteiger partial charge is 0.531 e. The standard InChI is InChI=1S/C30H38FN6O9P/c1-17(2)45-47(39,46-29(3,4)5)43-16-37-26-20(44-30(6,7)27(37)38)11-12-23(35-26)34-25-19(31)15-32-28(36-25)33-18-13-21(40-8)24(42-10)22(14-18)41-9/h11-15H,1,16H2,2-10H3,(H2,32,33,34,35,36). The summed E-state index contributed by atoms with van der Waals surface area (Å²) in [4.78, 5) is 27.3. The second-order valence-electron chi connectivity index (χ2n) is 11.6. The first-order valence-corrected chi connectivity index (χ1v) is 15.6. The molecule has 1 amide bonds. The molecule has 0 spiro atoms. The average Bonchev–Trinajstić information content (AvgIpc) is 2.97. The minimum absolute atomic E-state index is 0.00203. The molecule has 2 aromatic heterocycles. The van der Waals surface area contributed by atoms with Gasteiger partial charge >= 0.3 is 7.82 Å². The number of carbonyl (C=O) groups excluding carboxylic acids is 1. The van der Waals surface area contributed by atoms with Gasteiger partial charge < -0.3 is 34.1 Å². The van der Waals surface area contributed by atoms with E-state index in [1.807, 2.05) is 0 Å². The Kier molecular flexibility index (Phi) is 10.2. The fourth-order valence-corrected chi connectivity index (χ4v) is 5.73. The third-order valence-corrected chi connectivity index (χ3v) is 7.87. The number of carbonyl (C=O) groups is 1. The van der Waals surface area contributed by atoms with Crippen LogP contribution in [0.4, 0.5) is 33.5 Å². The minimum atomic E-state index is -4.24. The van der Waals surface area contributed by atoms with Crippen molar-refractivity contribution in [1.82, 2.24) is 15.0 Å². The zero-order chi connectivity index (χ0) is 34.7. The number of methoxy groups -OCH3 is 3. The van der Waals surface area contributed by atoms with Gasteiger partial charge in [-0.1, -0.05) is 6.58 Å². The molecule has 2 N–H and O–H groups in total. The molecule has 15 nitrogen and oxygen atoms in total. The van der Waals surface area contributed by atoms with Crippen LogP contribution in [0.3, 0.4) is 0 Å². The van der Waals surface area contributed by atoms with Crippen molar-refractivity contribution in [2.75, 3.05) is 43.6 Å². The van der Waals surface area contributed by atoms with Crippen molar-refractivity contribution in [2.45, 2.75) is 52.7 Å². The lowest BCUT2D eigenvalue weighted by atomic mass is 10.1. The van der Waals surface area contributed by atoms with Gasteiger partial charge in [-0.15, -0.1) is 0 Å².